The van der Waals surface area contributed by atoms with E-state index in [0.29, 0.717) is 5.75 Å². The van der Waals surface area contributed by atoms with Gasteiger partial charge in [-0.2, -0.15) is 0 Å². The molecule has 4 rings (SSSR count). The van der Waals surface area contributed by atoms with Gasteiger partial charge in [0.15, 0.2) is 6.10 Å². The van der Waals surface area contributed by atoms with Gasteiger partial charge in [-0.15, -0.1) is 0 Å². The minimum Gasteiger partial charge on any atom is -0.497 e. The Morgan fingerprint density at radius 2 is 1.68 bits per heavy atom. The van der Waals surface area contributed by atoms with Crippen LogP contribution in [0.4, 0.5) is 0 Å². The van der Waals surface area contributed by atoms with Gasteiger partial charge in [0.2, 0.25) is 11.8 Å². The van der Waals surface area contributed by atoms with E-state index in [4.69, 9.17) is 18.9 Å². The van der Waals surface area contributed by atoms with Crippen LogP contribution in [0.15, 0.2) is 66.7 Å². The Kier molecular flexibility index (Phi) is 11.5. The molecule has 10 heteroatoms. The first-order chi connectivity index (χ1) is 21.1. The summed E-state index contributed by atoms with van der Waals surface area (Å²) in [6.07, 6.45) is 1.50. The monoisotopic (exact) mass is 606 g/mol. The average molecular weight is 607 g/mol. The fraction of sp³-hybridized carbons (Fsp3) is 0.471. The molecule has 0 aromatic heterocycles. The Bertz CT molecular complexity index is 1310. The first-order valence-electron chi connectivity index (χ1n) is 15.1. The number of epoxide rings is 1. The van der Waals surface area contributed by atoms with E-state index in [-0.39, 0.29) is 56.3 Å². The average Bonchev–Trinajstić information content (AvgIpc) is 3.81. The van der Waals surface area contributed by atoms with Gasteiger partial charge in [0.05, 0.1) is 19.6 Å². The third kappa shape index (κ3) is 9.41. The predicted octanol–water partition coefficient (Wildman–Crippen LogP) is 3.83. The van der Waals surface area contributed by atoms with Crippen LogP contribution in [0.1, 0.15) is 57.3 Å². The van der Waals surface area contributed by atoms with Gasteiger partial charge in [0, 0.05) is 25.3 Å². The molecule has 2 N–H and O–H groups in total. The van der Waals surface area contributed by atoms with Crippen molar-refractivity contribution in [3.63, 3.8) is 0 Å². The number of cyclic esters (lactones) is 2. The summed E-state index contributed by atoms with van der Waals surface area (Å²) >= 11 is 0. The highest BCUT2D eigenvalue weighted by Gasteiger charge is 2.47. The topological polar surface area (TPSA) is 133 Å². The van der Waals surface area contributed by atoms with Crippen molar-refractivity contribution in [3.05, 3.63) is 77.9 Å². The number of rotatable bonds is 8. The van der Waals surface area contributed by atoms with Crippen molar-refractivity contribution < 1.29 is 38.1 Å². The molecule has 1 unspecified atom stereocenters. The van der Waals surface area contributed by atoms with Crippen LogP contribution < -0.4 is 15.4 Å². The Morgan fingerprint density at radius 3 is 2.36 bits per heavy atom. The number of hydrogen-bond acceptors (Lipinski definition) is 8. The van der Waals surface area contributed by atoms with E-state index in [9.17, 15) is 19.2 Å². The highest BCUT2D eigenvalue weighted by molar-refractivity contribution is 5.93. The highest BCUT2D eigenvalue weighted by Crippen LogP contribution is 2.45. The molecule has 236 valence electrons. The Balaban J connectivity index is 1.54. The minimum absolute atomic E-state index is 0.0223. The third-order valence-electron chi connectivity index (χ3n) is 7.75. The molecule has 1 saturated heterocycles. The van der Waals surface area contributed by atoms with Gasteiger partial charge in [0.25, 0.3) is 0 Å². The maximum Gasteiger partial charge on any atom is 0.347 e. The lowest BCUT2D eigenvalue weighted by molar-refractivity contribution is -0.174. The summed E-state index contributed by atoms with van der Waals surface area (Å²) in [6.45, 7) is 5.77. The summed E-state index contributed by atoms with van der Waals surface area (Å²) < 4.78 is 22.7. The standard InChI is InChI=1S/C34H42N2O8/c1-21(2)19-28-34(40)43-27(22(3)31-32(44-31)24-9-6-5-7-10-24)11-8-12-29(37)36-26(33(39)35-18-17-30(38)42-28)20-23-13-15-25(41-4)16-14-23/h5-10,12-16,21-22,26-28,31-32H,11,17-20H2,1-4H3,(H,35,39)(H,36,37)/t22-,26+,27-,28-,31+,32?/m0/s1. The number of hydrogen-bond donors (Lipinski definition) is 2. The molecule has 2 amide bonds. The van der Waals surface area contributed by atoms with Gasteiger partial charge in [-0.1, -0.05) is 69.3 Å². The quantitative estimate of drug-likeness (QED) is 0.342. The maximum atomic E-state index is 13.3. The Hall–Kier alpha value is -4.18. The summed E-state index contributed by atoms with van der Waals surface area (Å²) in [7, 11) is 1.57. The highest BCUT2D eigenvalue weighted by atomic mass is 16.6. The fourth-order valence-corrected chi connectivity index (χ4v) is 5.23. The second-order valence-electron chi connectivity index (χ2n) is 11.7. The van der Waals surface area contributed by atoms with Crippen molar-refractivity contribution in [3.8, 4) is 5.75 Å². The van der Waals surface area contributed by atoms with Gasteiger partial charge < -0.3 is 29.6 Å². The Labute approximate surface area is 258 Å². The molecule has 2 aliphatic heterocycles. The van der Waals surface area contributed by atoms with Crippen molar-refractivity contribution >= 4 is 23.8 Å². The van der Waals surface area contributed by atoms with E-state index in [2.05, 4.69) is 10.6 Å². The minimum atomic E-state index is -1.10. The molecular weight excluding hydrogens is 564 g/mol. The number of amides is 2. The molecule has 0 aliphatic carbocycles. The van der Waals surface area contributed by atoms with E-state index in [1.807, 2.05) is 63.2 Å². The molecule has 6 atom stereocenters. The van der Waals surface area contributed by atoms with Crippen LogP contribution in [0.3, 0.4) is 0 Å². The molecule has 0 saturated carbocycles. The number of methoxy groups -OCH3 is 1. The molecule has 0 radical (unpaired) electrons. The van der Waals surface area contributed by atoms with Gasteiger partial charge >= 0.3 is 11.9 Å². The van der Waals surface area contributed by atoms with Crippen molar-refractivity contribution in [2.24, 2.45) is 11.8 Å². The van der Waals surface area contributed by atoms with Crippen LogP contribution in [0, 0.1) is 11.8 Å². The first kappa shape index (κ1) is 32.7. The van der Waals surface area contributed by atoms with E-state index in [1.165, 1.54) is 6.08 Å². The van der Waals surface area contributed by atoms with Crippen LogP contribution in [-0.2, 0) is 39.8 Å². The first-order valence-corrected chi connectivity index (χ1v) is 15.1. The number of carbonyl (C=O) groups is 4. The molecule has 2 aromatic rings. The number of carbonyl (C=O) groups excluding carboxylic acids is 4. The molecule has 2 aliphatic rings. The number of benzene rings is 2. The molecule has 0 bridgehead atoms. The van der Waals surface area contributed by atoms with E-state index >= 15 is 0 Å². The molecule has 2 aromatic carbocycles. The summed E-state index contributed by atoms with van der Waals surface area (Å²) in [4.78, 5) is 52.2. The van der Waals surface area contributed by atoms with Crippen molar-refractivity contribution in [2.75, 3.05) is 13.7 Å². The van der Waals surface area contributed by atoms with Crippen molar-refractivity contribution in [1.29, 1.82) is 0 Å². The third-order valence-corrected chi connectivity index (χ3v) is 7.75. The van der Waals surface area contributed by atoms with E-state index in [1.54, 1.807) is 25.3 Å². The van der Waals surface area contributed by atoms with Crippen LogP contribution in [0.2, 0.25) is 0 Å². The number of esters is 2. The van der Waals surface area contributed by atoms with Gasteiger partial charge in [-0.05, 0) is 41.7 Å². The molecule has 44 heavy (non-hydrogen) atoms. The zero-order chi connectivity index (χ0) is 31.6. The zero-order valence-electron chi connectivity index (χ0n) is 25.7. The van der Waals surface area contributed by atoms with Gasteiger partial charge in [-0.3, -0.25) is 14.4 Å². The van der Waals surface area contributed by atoms with Crippen molar-refractivity contribution in [1.82, 2.24) is 10.6 Å². The smallest absolute Gasteiger partial charge is 0.347 e. The molecule has 10 nitrogen and oxygen atoms in total. The second kappa shape index (κ2) is 15.5. The maximum absolute atomic E-state index is 13.3. The number of nitrogens with one attached hydrogen (secondary N) is 2. The van der Waals surface area contributed by atoms with Crippen LogP contribution in [-0.4, -0.2) is 61.8 Å². The lowest BCUT2D eigenvalue weighted by Crippen LogP contribution is -2.48. The second-order valence-corrected chi connectivity index (χ2v) is 11.7. The molecule has 0 spiro atoms. The lowest BCUT2D eigenvalue weighted by atomic mass is 9.93. The van der Waals surface area contributed by atoms with Crippen LogP contribution >= 0.6 is 0 Å². The number of ether oxygens (including phenoxy) is 4. The summed E-state index contributed by atoms with van der Waals surface area (Å²) in [6, 6.07) is 16.1. The largest absolute Gasteiger partial charge is 0.497 e. The lowest BCUT2D eigenvalue weighted by Gasteiger charge is -2.26. The van der Waals surface area contributed by atoms with Gasteiger partial charge in [-0.25, -0.2) is 4.79 Å². The summed E-state index contributed by atoms with van der Waals surface area (Å²) in [5, 5.41) is 5.47. The van der Waals surface area contributed by atoms with E-state index < -0.39 is 42.0 Å². The Morgan fingerprint density at radius 1 is 0.955 bits per heavy atom. The van der Waals surface area contributed by atoms with Crippen LogP contribution in [0.5, 0.6) is 5.75 Å². The summed E-state index contributed by atoms with van der Waals surface area (Å²) in [5.41, 5.74) is 1.85. The molecular formula is C34H42N2O8. The molecule has 2 heterocycles. The predicted molar refractivity (Wildman–Crippen MR) is 162 cm³/mol. The summed E-state index contributed by atoms with van der Waals surface area (Å²) in [5.74, 6) is -1.67. The molecule has 1 fully saturated rings. The van der Waals surface area contributed by atoms with Gasteiger partial charge in [0.1, 0.15) is 24.0 Å². The SMILES string of the molecule is COc1ccc(C[C@H]2NC(=O)C=CC[C@@H]([C@H](C)[C@H]3OC3c3ccccc3)OC(=O)[C@H](CC(C)C)OC(=O)CCNC2=O)cc1. The fourth-order valence-electron chi connectivity index (χ4n) is 5.23. The van der Waals surface area contributed by atoms with E-state index in [0.717, 1.165) is 11.1 Å². The van der Waals surface area contributed by atoms with Crippen molar-refractivity contribution in [2.45, 2.75) is 76.9 Å². The van der Waals surface area contributed by atoms with Crippen LogP contribution in [0.25, 0.3) is 0 Å². The zero-order valence-corrected chi connectivity index (χ0v) is 25.7. The normalized spacial score (nSPS) is 25.8.